The Morgan fingerprint density at radius 3 is 2.88 bits per heavy atom. The second-order valence-corrected chi connectivity index (χ2v) is 4.30. The predicted molar refractivity (Wildman–Crippen MR) is 68.2 cm³/mol. The van der Waals surface area contributed by atoms with E-state index in [2.05, 4.69) is 10.3 Å². The van der Waals surface area contributed by atoms with Gasteiger partial charge < -0.3 is 10.2 Å². The first-order valence-electron chi connectivity index (χ1n) is 6.30. The molecule has 4 heteroatoms. The number of piperidine rings is 1. The first-order valence-corrected chi connectivity index (χ1v) is 6.30. The number of rotatable bonds is 3. The fraction of sp³-hybridized carbons (Fsp3) is 0.538. The summed E-state index contributed by atoms with van der Waals surface area (Å²) in [5.74, 6) is 0.128. The van der Waals surface area contributed by atoms with E-state index >= 15 is 0 Å². The summed E-state index contributed by atoms with van der Waals surface area (Å²) in [4.78, 5) is 18.4. The Hall–Kier alpha value is -1.58. The van der Waals surface area contributed by atoms with E-state index in [1.54, 1.807) is 18.5 Å². The monoisotopic (exact) mass is 233 g/mol. The molecular formula is C13H19N3O. The van der Waals surface area contributed by atoms with Crippen LogP contribution in [0.25, 0.3) is 0 Å². The number of aromatic nitrogens is 1. The second kappa shape index (κ2) is 5.66. The van der Waals surface area contributed by atoms with Gasteiger partial charge in [-0.3, -0.25) is 9.78 Å². The van der Waals surface area contributed by atoms with Crippen LogP contribution in [0.4, 0.5) is 5.69 Å². The zero-order chi connectivity index (χ0) is 12.1. The molecule has 1 aromatic heterocycles. The molecule has 0 aliphatic carbocycles. The van der Waals surface area contributed by atoms with Gasteiger partial charge in [0.25, 0.3) is 5.91 Å². The Balaban J connectivity index is 2.17. The summed E-state index contributed by atoms with van der Waals surface area (Å²) in [5.41, 5.74) is 1.58. The van der Waals surface area contributed by atoms with Crippen LogP contribution in [-0.4, -0.2) is 35.4 Å². The largest absolute Gasteiger partial charge is 0.383 e. The van der Waals surface area contributed by atoms with E-state index in [9.17, 15) is 4.79 Å². The number of anilines is 1. The molecule has 0 atom stereocenters. The minimum atomic E-state index is 0.128. The summed E-state index contributed by atoms with van der Waals surface area (Å²) in [6, 6.07) is 1.80. The van der Waals surface area contributed by atoms with Crippen LogP contribution in [0.3, 0.4) is 0 Å². The summed E-state index contributed by atoms with van der Waals surface area (Å²) in [6.07, 6.45) is 6.87. The van der Waals surface area contributed by atoms with Crippen molar-refractivity contribution in [2.75, 3.05) is 25.0 Å². The van der Waals surface area contributed by atoms with Crippen molar-refractivity contribution in [3.63, 3.8) is 0 Å². The summed E-state index contributed by atoms with van der Waals surface area (Å²) in [6.45, 7) is 4.58. The third kappa shape index (κ3) is 2.75. The molecule has 0 saturated carbocycles. The van der Waals surface area contributed by atoms with Crippen molar-refractivity contribution >= 4 is 11.6 Å². The van der Waals surface area contributed by atoms with Crippen molar-refractivity contribution in [3.05, 3.63) is 24.0 Å². The van der Waals surface area contributed by atoms with Crippen LogP contribution in [0.15, 0.2) is 18.5 Å². The number of carbonyl (C=O) groups is 1. The van der Waals surface area contributed by atoms with Gasteiger partial charge in [0.2, 0.25) is 0 Å². The van der Waals surface area contributed by atoms with Crippen molar-refractivity contribution in [2.45, 2.75) is 26.2 Å². The average Bonchev–Trinajstić information content (AvgIpc) is 2.40. The highest BCUT2D eigenvalue weighted by Crippen LogP contribution is 2.18. The van der Waals surface area contributed by atoms with E-state index in [0.717, 1.165) is 43.7 Å². The standard InChI is InChI=1S/C13H19N3O/c1-2-15-12-10-14-7-6-11(12)13(17)16-8-4-3-5-9-16/h6-7,10,15H,2-5,8-9H2,1H3. The molecule has 1 N–H and O–H groups in total. The molecule has 2 heterocycles. The average molecular weight is 233 g/mol. The number of nitrogens with one attached hydrogen (secondary N) is 1. The normalized spacial score (nSPS) is 15.7. The predicted octanol–water partition coefficient (Wildman–Crippen LogP) is 2.14. The van der Waals surface area contributed by atoms with Crippen molar-refractivity contribution in [1.29, 1.82) is 0 Å². The third-order valence-electron chi connectivity index (χ3n) is 3.06. The first-order chi connectivity index (χ1) is 8.33. The molecule has 92 valence electrons. The van der Waals surface area contributed by atoms with Crippen molar-refractivity contribution in [3.8, 4) is 0 Å². The number of amides is 1. The molecule has 1 amide bonds. The zero-order valence-corrected chi connectivity index (χ0v) is 10.3. The highest BCUT2D eigenvalue weighted by atomic mass is 16.2. The van der Waals surface area contributed by atoms with Crippen LogP contribution >= 0.6 is 0 Å². The highest BCUT2D eigenvalue weighted by molar-refractivity contribution is 5.99. The molecule has 1 aliphatic heterocycles. The molecule has 1 aliphatic rings. The molecule has 0 spiro atoms. The maximum atomic E-state index is 12.4. The van der Waals surface area contributed by atoms with Gasteiger partial charge in [0, 0.05) is 25.8 Å². The molecule has 4 nitrogen and oxygen atoms in total. The molecule has 0 unspecified atom stereocenters. The van der Waals surface area contributed by atoms with Crippen molar-refractivity contribution in [2.24, 2.45) is 0 Å². The Morgan fingerprint density at radius 2 is 2.18 bits per heavy atom. The lowest BCUT2D eigenvalue weighted by molar-refractivity contribution is 0.0725. The van der Waals surface area contributed by atoms with Gasteiger partial charge in [0.15, 0.2) is 0 Å². The van der Waals surface area contributed by atoms with E-state index in [1.807, 2.05) is 11.8 Å². The Bertz CT molecular complexity index is 386. The Labute approximate surface area is 102 Å². The van der Waals surface area contributed by atoms with Crippen LogP contribution < -0.4 is 5.32 Å². The number of nitrogens with zero attached hydrogens (tertiary/aromatic N) is 2. The minimum absolute atomic E-state index is 0.128. The van der Waals surface area contributed by atoms with Gasteiger partial charge in [-0.2, -0.15) is 0 Å². The van der Waals surface area contributed by atoms with Gasteiger partial charge >= 0.3 is 0 Å². The Morgan fingerprint density at radius 1 is 1.41 bits per heavy atom. The molecule has 1 saturated heterocycles. The SMILES string of the molecule is CCNc1cnccc1C(=O)N1CCCCC1. The molecule has 0 radical (unpaired) electrons. The molecule has 2 rings (SSSR count). The van der Waals surface area contributed by atoms with Crippen LogP contribution in [0.5, 0.6) is 0 Å². The molecule has 1 fully saturated rings. The number of pyridine rings is 1. The quantitative estimate of drug-likeness (QED) is 0.870. The van der Waals surface area contributed by atoms with E-state index in [0.29, 0.717) is 0 Å². The van der Waals surface area contributed by atoms with Gasteiger partial charge in [-0.1, -0.05) is 0 Å². The lowest BCUT2D eigenvalue weighted by atomic mass is 10.1. The summed E-state index contributed by atoms with van der Waals surface area (Å²) in [5, 5.41) is 3.19. The van der Waals surface area contributed by atoms with Crippen LogP contribution in [-0.2, 0) is 0 Å². The fourth-order valence-corrected chi connectivity index (χ4v) is 2.18. The smallest absolute Gasteiger partial charge is 0.256 e. The maximum absolute atomic E-state index is 12.4. The lowest BCUT2D eigenvalue weighted by Crippen LogP contribution is -2.36. The number of hydrogen-bond acceptors (Lipinski definition) is 3. The van der Waals surface area contributed by atoms with Gasteiger partial charge in [-0.15, -0.1) is 0 Å². The summed E-state index contributed by atoms with van der Waals surface area (Å²) >= 11 is 0. The van der Waals surface area contributed by atoms with E-state index in [1.165, 1.54) is 6.42 Å². The second-order valence-electron chi connectivity index (χ2n) is 4.30. The van der Waals surface area contributed by atoms with Crippen molar-refractivity contribution in [1.82, 2.24) is 9.88 Å². The van der Waals surface area contributed by atoms with Gasteiger partial charge in [-0.05, 0) is 32.3 Å². The summed E-state index contributed by atoms with van der Waals surface area (Å²) in [7, 11) is 0. The molecule has 17 heavy (non-hydrogen) atoms. The minimum Gasteiger partial charge on any atom is -0.383 e. The van der Waals surface area contributed by atoms with Crippen LogP contribution in [0.1, 0.15) is 36.5 Å². The van der Waals surface area contributed by atoms with E-state index < -0.39 is 0 Å². The molecule has 0 bridgehead atoms. The number of likely N-dealkylation sites (tertiary alicyclic amines) is 1. The number of carbonyl (C=O) groups excluding carboxylic acids is 1. The van der Waals surface area contributed by atoms with Crippen LogP contribution in [0, 0.1) is 0 Å². The molecule has 1 aromatic rings. The third-order valence-corrected chi connectivity index (χ3v) is 3.06. The highest BCUT2D eigenvalue weighted by Gasteiger charge is 2.20. The number of hydrogen-bond donors (Lipinski definition) is 1. The topological polar surface area (TPSA) is 45.2 Å². The van der Waals surface area contributed by atoms with Crippen LogP contribution in [0.2, 0.25) is 0 Å². The van der Waals surface area contributed by atoms with Gasteiger partial charge in [0.1, 0.15) is 0 Å². The molecule has 0 aromatic carbocycles. The molecular weight excluding hydrogens is 214 g/mol. The maximum Gasteiger partial charge on any atom is 0.256 e. The first kappa shape index (κ1) is 11.9. The van der Waals surface area contributed by atoms with Gasteiger partial charge in [-0.25, -0.2) is 0 Å². The lowest BCUT2D eigenvalue weighted by Gasteiger charge is -2.27. The van der Waals surface area contributed by atoms with E-state index in [-0.39, 0.29) is 5.91 Å². The van der Waals surface area contributed by atoms with E-state index in [4.69, 9.17) is 0 Å². The summed E-state index contributed by atoms with van der Waals surface area (Å²) < 4.78 is 0. The fourth-order valence-electron chi connectivity index (χ4n) is 2.18. The Kier molecular flexibility index (Phi) is 3.96. The van der Waals surface area contributed by atoms with Crippen molar-refractivity contribution < 1.29 is 4.79 Å². The van der Waals surface area contributed by atoms with Gasteiger partial charge in [0.05, 0.1) is 17.4 Å². The zero-order valence-electron chi connectivity index (χ0n) is 10.3.